The molecule has 138 valence electrons. The zero-order valence-corrected chi connectivity index (χ0v) is 15.4. The first-order valence-electron chi connectivity index (χ1n) is 9.04. The summed E-state index contributed by atoms with van der Waals surface area (Å²) in [5, 5.41) is 3.38. The summed E-state index contributed by atoms with van der Waals surface area (Å²) in [6, 6.07) is 18.3. The Morgan fingerprint density at radius 1 is 1.07 bits per heavy atom. The van der Waals surface area contributed by atoms with Crippen molar-refractivity contribution in [2.24, 2.45) is 0 Å². The van der Waals surface area contributed by atoms with E-state index in [4.69, 9.17) is 10.5 Å². The Labute approximate surface area is 159 Å². The maximum absolute atomic E-state index is 5.98. The third kappa shape index (κ3) is 4.01. The normalized spacial score (nSPS) is 13.8. The third-order valence-electron chi connectivity index (χ3n) is 4.76. The summed E-state index contributed by atoms with van der Waals surface area (Å²) in [4.78, 5) is 11.3. The number of nitrogens with zero attached hydrogens (tertiary/aromatic N) is 3. The molecule has 0 radical (unpaired) electrons. The number of hydrogen-bond acceptors (Lipinski definition) is 6. The van der Waals surface area contributed by atoms with Gasteiger partial charge in [0.25, 0.3) is 0 Å². The van der Waals surface area contributed by atoms with E-state index in [0.29, 0.717) is 5.95 Å². The molecule has 0 aliphatic carbocycles. The molecule has 0 spiro atoms. The van der Waals surface area contributed by atoms with Crippen molar-refractivity contribution in [3.8, 4) is 5.75 Å². The van der Waals surface area contributed by atoms with Crippen LogP contribution < -0.4 is 15.8 Å². The first-order chi connectivity index (χ1) is 13.2. The lowest BCUT2D eigenvalue weighted by atomic mass is 10.0. The Morgan fingerprint density at radius 3 is 2.59 bits per heavy atom. The van der Waals surface area contributed by atoms with Crippen molar-refractivity contribution in [2.75, 3.05) is 24.7 Å². The molecule has 3 N–H and O–H groups in total. The summed E-state index contributed by atoms with van der Waals surface area (Å²) in [5.41, 5.74) is 10.4. The van der Waals surface area contributed by atoms with E-state index in [1.807, 2.05) is 30.3 Å². The molecule has 27 heavy (non-hydrogen) atoms. The van der Waals surface area contributed by atoms with Crippen LogP contribution in [0.25, 0.3) is 0 Å². The molecule has 6 heteroatoms. The van der Waals surface area contributed by atoms with E-state index in [0.717, 1.165) is 54.6 Å². The van der Waals surface area contributed by atoms with Crippen molar-refractivity contribution in [1.82, 2.24) is 14.9 Å². The van der Waals surface area contributed by atoms with Gasteiger partial charge in [0.15, 0.2) is 0 Å². The van der Waals surface area contributed by atoms with E-state index >= 15 is 0 Å². The molecular formula is C21H23N5O. The van der Waals surface area contributed by atoms with Crippen LogP contribution in [-0.2, 0) is 19.5 Å². The fourth-order valence-corrected chi connectivity index (χ4v) is 3.39. The largest absolute Gasteiger partial charge is 0.497 e. The van der Waals surface area contributed by atoms with Crippen molar-refractivity contribution in [3.05, 3.63) is 71.4 Å². The van der Waals surface area contributed by atoms with Gasteiger partial charge in [0, 0.05) is 30.9 Å². The number of benzene rings is 2. The molecule has 0 fully saturated rings. The number of fused-ring (bicyclic) bond motifs is 1. The van der Waals surface area contributed by atoms with Gasteiger partial charge in [-0.3, -0.25) is 4.90 Å². The van der Waals surface area contributed by atoms with Crippen LogP contribution in [0.5, 0.6) is 5.75 Å². The number of anilines is 3. The summed E-state index contributed by atoms with van der Waals surface area (Å²) in [6.45, 7) is 2.64. The summed E-state index contributed by atoms with van der Waals surface area (Å²) < 4.78 is 5.21. The highest BCUT2D eigenvalue weighted by Gasteiger charge is 2.22. The lowest BCUT2D eigenvalue weighted by molar-refractivity contribution is 0.241. The summed E-state index contributed by atoms with van der Waals surface area (Å²) >= 11 is 0. The Balaban J connectivity index is 1.54. The molecule has 2 aromatic carbocycles. The van der Waals surface area contributed by atoms with Crippen LogP contribution >= 0.6 is 0 Å². The smallest absolute Gasteiger partial charge is 0.222 e. The second kappa shape index (κ2) is 7.63. The van der Waals surface area contributed by atoms with Gasteiger partial charge in [-0.1, -0.05) is 30.3 Å². The molecule has 3 aromatic rings. The van der Waals surface area contributed by atoms with Crippen molar-refractivity contribution < 1.29 is 4.74 Å². The predicted octanol–water partition coefficient (Wildman–Crippen LogP) is 3.37. The number of nitrogen functional groups attached to an aromatic ring is 1. The highest BCUT2D eigenvalue weighted by molar-refractivity contribution is 5.62. The average Bonchev–Trinajstić information content (AvgIpc) is 2.69. The Hall–Kier alpha value is -3.12. The maximum Gasteiger partial charge on any atom is 0.222 e. The van der Waals surface area contributed by atoms with E-state index in [1.165, 1.54) is 5.56 Å². The molecule has 0 saturated heterocycles. The average molecular weight is 361 g/mol. The fraction of sp³-hybridized carbons (Fsp3) is 0.238. The zero-order chi connectivity index (χ0) is 18.6. The van der Waals surface area contributed by atoms with E-state index in [1.54, 1.807) is 7.11 Å². The van der Waals surface area contributed by atoms with Crippen LogP contribution in [-0.4, -0.2) is 28.5 Å². The van der Waals surface area contributed by atoms with Crippen molar-refractivity contribution >= 4 is 17.5 Å². The van der Waals surface area contributed by atoms with Crippen LogP contribution in [0.2, 0.25) is 0 Å². The minimum absolute atomic E-state index is 0.298. The molecule has 2 heterocycles. The molecule has 1 aromatic heterocycles. The van der Waals surface area contributed by atoms with Gasteiger partial charge >= 0.3 is 0 Å². The Morgan fingerprint density at radius 2 is 1.85 bits per heavy atom. The minimum Gasteiger partial charge on any atom is -0.497 e. The molecular weight excluding hydrogens is 338 g/mol. The second-order valence-electron chi connectivity index (χ2n) is 6.66. The standard InChI is InChI=1S/C21H23N5O/c1-27-17-9-7-16(8-10-17)23-20-18-11-12-26(13-15-5-3-2-4-6-15)14-19(18)24-21(22)25-20/h2-10H,11-14H2,1H3,(H3,22,23,24,25). The fourth-order valence-electron chi connectivity index (χ4n) is 3.39. The maximum atomic E-state index is 5.98. The number of aromatic nitrogens is 2. The first-order valence-corrected chi connectivity index (χ1v) is 9.04. The molecule has 0 amide bonds. The van der Waals surface area contributed by atoms with Gasteiger partial charge in [0.2, 0.25) is 5.95 Å². The summed E-state index contributed by atoms with van der Waals surface area (Å²) in [5.74, 6) is 1.91. The lowest BCUT2D eigenvalue weighted by Crippen LogP contribution is -2.31. The van der Waals surface area contributed by atoms with Crippen molar-refractivity contribution in [3.63, 3.8) is 0 Å². The van der Waals surface area contributed by atoms with Crippen LogP contribution in [0.15, 0.2) is 54.6 Å². The van der Waals surface area contributed by atoms with Gasteiger partial charge < -0.3 is 15.8 Å². The van der Waals surface area contributed by atoms with E-state index in [2.05, 4.69) is 44.5 Å². The molecule has 1 aliphatic rings. The SMILES string of the molecule is COc1ccc(Nc2nc(N)nc3c2CCN(Cc2ccccc2)C3)cc1. The molecule has 0 atom stereocenters. The topological polar surface area (TPSA) is 76.3 Å². The molecule has 0 unspecified atom stereocenters. The number of nitrogens with two attached hydrogens (primary N) is 1. The van der Waals surface area contributed by atoms with Crippen LogP contribution in [0, 0.1) is 0 Å². The zero-order valence-electron chi connectivity index (χ0n) is 15.4. The molecule has 0 saturated carbocycles. The number of rotatable bonds is 5. The van der Waals surface area contributed by atoms with E-state index in [9.17, 15) is 0 Å². The molecule has 4 rings (SSSR count). The highest BCUT2D eigenvalue weighted by Crippen LogP contribution is 2.28. The van der Waals surface area contributed by atoms with Crippen molar-refractivity contribution in [2.45, 2.75) is 19.5 Å². The number of hydrogen-bond donors (Lipinski definition) is 2. The second-order valence-corrected chi connectivity index (χ2v) is 6.66. The van der Waals surface area contributed by atoms with Gasteiger partial charge in [0.05, 0.1) is 12.8 Å². The highest BCUT2D eigenvalue weighted by atomic mass is 16.5. The monoisotopic (exact) mass is 361 g/mol. The van der Waals surface area contributed by atoms with Crippen LogP contribution in [0.4, 0.5) is 17.5 Å². The lowest BCUT2D eigenvalue weighted by Gasteiger charge is -2.29. The third-order valence-corrected chi connectivity index (χ3v) is 4.76. The number of nitrogens with one attached hydrogen (secondary N) is 1. The summed E-state index contributed by atoms with van der Waals surface area (Å²) in [7, 11) is 1.66. The van der Waals surface area contributed by atoms with E-state index < -0.39 is 0 Å². The van der Waals surface area contributed by atoms with E-state index in [-0.39, 0.29) is 0 Å². The number of methoxy groups -OCH3 is 1. The van der Waals surface area contributed by atoms with Crippen molar-refractivity contribution in [1.29, 1.82) is 0 Å². The first kappa shape index (κ1) is 17.3. The van der Waals surface area contributed by atoms with Gasteiger partial charge in [-0.25, -0.2) is 4.98 Å². The Bertz CT molecular complexity index is 912. The molecule has 1 aliphatic heterocycles. The van der Waals surface area contributed by atoms with Gasteiger partial charge in [-0.2, -0.15) is 4.98 Å². The number of ether oxygens (including phenoxy) is 1. The minimum atomic E-state index is 0.298. The van der Waals surface area contributed by atoms with Crippen LogP contribution in [0.3, 0.4) is 0 Å². The molecule has 6 nitrogen and oxygen atoms in total. The van der Waals surface area contributed by atoms with Gasteiger partial charge in [0.1, 0.15) is 11.6 Å². The van der Waals surface area contributed by atoms with Gasteiger partial charge in [-0.05, 0) is 36.2 Å². The predicted molar refractivity (Wildman–Crippen MR) is 107 cm³/mol. The summed E-state index contributed by atoms with van der Waals surface area (Å²) in [6.07, 6.45) is 0.890. The van der Waals surface area contributed by atoms with Gasteiger partial charge in [-0.15, -0.1) is 0 Å². The Kier molecular flexibility index (Phi) is 4.89. The van der Waals surface area contributed by atoms with Crippen LogP contribution in [0.1, 0.15) is 16.8 Å². The quantitative estimate of drug-likeness (QED) is 0.726. The molecule has 0 bridgehead atoms.